The Morgan fingerprint density at radius 2 is 1.60 bits per heavy atom. The first kappa shape index (κ1) is 30.4. The Morgan fingerprint density at radius 1 is 0.929 bits per heavy atom. The average Bonchev–Trinajstić information content (AvgIpc) is 3.35. The van der Waals surface area contributed by atoms with Crippen molar-refractivity contribution in [2.75, 3.05) is 18.3 Å². The van der Waals surface area contributed by atoms with Gasteiger partial charge in [0.1, 0.15) is 6.04 Å². The van der Waals surface area contributed by atoms with E-state index in [2.05, 4.69) is 23.4 Å². The Balaban J connectivity index is 1.45. The lowest BCUT2D eigenvalue weighted by atomic mass is 9.99. The van der Waals surface area contributed by atoms with E-state index in [1.54, 1.807) is 12.3 Å². The number of benzene rings is 3. The van der Waals surface area contributed by atoms with Gasteiger partial charge in [0.15, 0.2) is 0 Å². The number of aryl methyl sites for hydroxylation is 1. The summed E-state index contributed by atoms with van der Waals surface area (Å²) in [5.41, 5.74) is 5.94. The van der Waals surface area contributed by atoms with Crippen LogP contribution in [-0.2, 0) is 27.2 Å². The van der Waals surface area contributed by atoms with Crippen LogP contribution in [0.4, 0.5) is 0 Å². The van der Waals surface area contributed by atoms with E-state index in [9.17, 15) is 24.3 Å². The molecule has 9 nitrogen and oxygen atoms in total. The molecule has 218 valence electrons. The van der Waals surface area contributed by atoms with E-state index in [1.165, 1.54) is 41.6 Å². The first-order chi connectivity index (χ1) is 20.3. The molecule has 0 radical (unpaired) electrons. The number of esters is 1. The fourth-order valence-corrected chi connectivity index (χ4v) is 5.12. The second kappa shape index (κ2) is 14.4. The minimum absolute atomic E-state index is 0.0155. The lowest BCUT2D eigenvalue weighted by Gasteiger charge is -2.19. The summed E-state index contributed by atoms with van der Waals surface area (Å²) in [4.78, 5) is 49.9. The van der Waals surface area contributed by atoms with Crippen molar-refractivity contribution in [2.24, 2.45) is 5.92 Å². The summed E-state index contributed by atoms with van der Waals surface area (Å²) < 4.78 is 6.22. The van der Waals surface area contributed by atoms with Crippen molar-refractivity contribution in [3.8, 4) is 0 Å². The Kier molecular flexibility index (Phi) is 10.4. The number of rotatable bonds is 13. The van der Waals surface area contributed by atoms with Crippen LogP contribution in [0.15, 0.2) is 85.1 Å². The molecule has 4 rings (SSSR count). The topological polar surface area (TPSA) is 127 Å². The van der Waals surface area contributed by atoms with Gasteiger partial charge in [-0.05, 0) is 60.7 Å². The third-order valence-corrected chi connectivity index (χ3v) is 7.52. The molecule has 0 aliphatic rings. The predicted molar refractivity (Wildman–Crippen MR) is 163 cm³/mol. The van der Waals surface area contributed by atoms with Crippen LogP contribution in [0.2, 0.25) is 0 Å². The number of nitrogens with zero attached hydrogens (tertiary/aromatic N) is 1. The van der Waals surface area contributed by atoms with Crippen LogP contribution < -0.4 is 10.7 Å². The summed E-state index contributed by atoms with van der Waals surface area (Å²) in [7, 11) is 1.28. The van der Waals surface area contributed by atoms with Gasteiger partial charge >= 0.3 is 11.9 Å². The van der Waals surface area contributed by atoms with Gasteiger partial charge in [-0.2, -0.15) is 12.6 Å². The fraction of sp³-hybridized carbons (Fsp3) is 0.250. The van der Waals surface area contributed by atoms with Crippen molar-refractivity contribution in [3.63, 3.8) is 0 Å². The normalized spacial score (nSPS) is 12.3. The molecule has 42 heavy (non-hydrogen) atoms. The molecule has 0 aliphatic heterocycles. The molecule has 1 unspecified atom stereocenters. The Labute approximate surface area is 249 Å². The number of aliphatic carboxylic acids is 1. The van der Waals surface area contributed by atoms with Crippen molar-refractivity contribution in [2.45, 2.75) is 31.7 Å². The number of carbonyl (C=O) groups is 4. The van der Waals surface area contributed by atoms with Crippen LogP contribution in [-0.4, -0.2) is 52.4 Å². The van der Waals surface area contributed by atoms with Crippen molar-refractivity contribution < 1.29 is 29.0 Å². The maximum Gasteiger partial charge on any atom is 0.337 e. The van der Waals surface area contributed by atoms with Crippen LogP contribution in [0.5, 0.6) is 0 Å². The number of aromatic nitrogens is 1. The first-order valence-electron chi connectivity index (χ1n) is 13.6. The summed E-state index contributed by atoms with van der Waals surface area (Å²) in [5, 5.41) is 13.4. The van der Waals surface area contributed by atoms with Crippen LogP contribution in [0.3, 0.4) is 0 Å². The molecule has 3 N–H and O–H groups in total. The zero-order valence-corrected chi connectivity index (χ0v) is 24.1. The lowest BCUT2D eigenvalue weighted by molar-refractivity contribution is -0.142. The summed E-state index contributed by atoms with van der Waals surface area (Å²) >= 11 is 4.35. The minimum atomic E-state index is -1.17. The molecule has 2 atom stereocenters. The van der Waals surface area contributed by atoms with Gasteiger partial charge in [-0.3, -0.25) is 19.7 Å². The number of fused-ring (bicyclic) bond motifs is 1. The van der Waals surface area contributed by atoms with E-state index in [-0.39, 0.29) is 12.3 Å². The number of carboxylic acid groups (broad SMARTS) is 1. The molecule has 4 aromatic rings. The average molecular weight is 588 g/mol. The third kappa shape index (κ3) is 7.58. The van der Waals surface area contributed by atoms with E-state index in [0.29, 0.717) is 34.4 Å². The van der Waals surface area contributed by atoms with Crippen molar-refractivity contribution in [1.29, 1.82) is 0 Å². The highest BCUT2D eigenvalue weighted by molar-refractivity contribution is 7.80. The van der Waals surface area contributed by atoms with Gasteiger partial charge in [0.05, 0.1) is 18.2 Å². The summed E-state index contributed by atoms with van der Waals surface area (Å²) in [5.74, 6) is -2.55. The highest BCUT2D eigenvalue weighted by Gasteiger charge is 2.26. The quantitative estimate of drug-likeness (QED) is 0.135. The van der Waals surface area contributed by atoms with Crippen LogP contribution >= 0.6 is 12.6 Å². The maximum atomic E-state index is 13.1. The molecule has 3 aromatic carbocycles. The van der Waals surface area contributed by atoms with E-state index in [0.717, 1.165) is 18.2 Å². The number of para-hydroxylation sites is 1. The Morgan fingerprint density at radius 3 is 2.26 bits per heavy atom. The van der Waals surface area contributed by atoms with Crippen LogP contribution in [0.1, 0.15) is 44.7 Å². The number of hydrogen-bond acceptors (Lipinski definition) is 6. The van der Waals surface area contributed by atoms with Gasteiger partial charge in [-0.25, -0.2) is 9.59 Å². The molecular formula is C32H33N3O6S. The number of methoxy groups -OCH3 is 1. The Hall–Kier alpha value is -4.57. The van der Waals surface area contributed by atoms with E-state index >= 15 is 0 Å². The fourth-order valence-electron chi connectivity index (χ4n) is 4.77. The monoisotopic (exact) mass is 587 g/mol. The second-order valence-electron chi connectivity index (χ2n) is 9.91. The summed E-state index contributed by atoms with van der Waals surface area (Å²) in [6.45, 7) is 0. The lowest BCUT2D eigenvalue weighted by Crippen LogP contribution is -2.45. The van der Waals surface area contributed by atoms with Gasteiger partial charge < -0.3 is 15.2 Å². The van der Waals surface area contributed by atoms with Gasteiger partial charge in [0.2, 0.25) is 5.91 Å². The number of amides is 2. The zero-order chi connectivity index (χ0) is 30.1. The molecule has 0 saturated heterocycles. The number of hydrogen-bond donors (Lipinski definition) is 4. The Bertz CT molecular complexity index is 1550. The summed E-state index contributed by atoms with van der Waals surface area (Å²) in [6.07, 6.45) is 3.86. The zero-order valence-electron chi connectivity index (χ0n) is 23.2. The van der Waals surface area contributed by atoms with Crippen molar-refractivity contribution in [1.82, 2.24) is 9.99 Å². The van der Waals surface area contributed by atoms with E-state index in [1.807, 2.05) is 48.5 Å². The molecule has 0 saturated carbocycles. The maximum absolute atomic E-state index is 13.1. The van der Waals surface area contributed by atoms with Crippen LogP contribution in [0, 0.1) is 5.92 Å². The molecule has 0 bridgehead atoms. The van der Waals surface area contributed by atoms with Gasteiger partial charge in [0.25, 0.3) is 5.91 Å². The smallest absolute Gasteiger partial charge is 0.337 e. The first-order valence-corrected chi connectivity index (χ1v) is 14.2. The predicted octanol–water partition coefficient (Wildman–Crippen LogP) is 4.49. The van der Waals surface area contributed by atoms with Crippen molar-refractivity contribution in [3.05, 3.63) is 107 Å². The van der Waals surface area contributed by atoms with E-state index in [4.69, 9.17) is 4.74 Å². The number of carbonyl (C=O) groups excluding carboxylic acids is 3. The second-order valence-corrected chi connectivity index (χ2v) is 10.3. The van der Waals surface area contributed by atoms with Gasteiger partial charge in [-0.1, -0.05) is 48.5 Å². The number of thiol groups is 1. The molecule has 2 amide bonds. The molecular weight excluding hydrogens is 554 g/mol. The van der Waals surface area contributed by atoms with Crippen LogP contribution in [0.25, 0.3) is 10.9 Å². The van der Waals surface area contributed by atoms with E-state index < -0.39 is 29.8 Å². The van der Waals surface area contributed by atoms with Gasteiger partial charge in [0, 0.05) is 35.2 Å². The number of carboxylic acids is 1. The highest BCUT2D eigenvalue weighted by atomic mass is 32.1. The molecule has 0 aliphatic carbocycles. The molecule has 1 aromatic heterocycles. The highest BCUT2D eigenvalue weighted by Crippen LogP contribution is 2.23. The molecule has 1 heterocycles. The SMILES string of the molecule is COC(=O)c1ccc(C(=O)Nn2cc(C[C@H](NC(=O)C(CS)CCCc3ccccc3)C(=O)O)c3ccccc32)cc1. The number of ether oxygens (including phenoxy) is 1. The molecule has 10 heteroatoms. The standard InChI is InChI=1S/C32H33N3O6S/c1-41-32(40)23-16-14-22(15-17-23)30(37)34-35-19-25(26-12-5-6-13-28(26)35)18-27(31(38)39)33-29(36)24(20-42)11-7-10-21-8-3-2-4-9-21/h2-6,8-9,12-17,19,24,27,42H,7,10-11,18,20H2,1H3,(H,33,36)(H,34,37)(H,38,39)/t24?,27-/m0/s1. The van der Waals surface area contributed by atoms with Crippen molar-refractivity contribution >= 4 is 47.3 Å². The number of nitrogens with one attached hydrogen (secondary N) is 2. The summed E-state index contributed by atoms with van der Waals surface area (Å²) in [6, 6.07) is 22.1. The molecule has 0 spiro atoms. The largest absolute Gasteiger partial charge is 0.480 e. The van der Waals surface area contributed by atoms with Gasteiger partial charge in [-0.15, -0.1) is 0 Å². The third-order valence-electron chi connectivity index (χ3n) is 7.08. The molecule has 0 fully saturated rings. The minimum Gasteiger partial charge on any atom is -0.480 e.